The van der Waals surface area contributed by atoms with Crippen molar-refractivity contribution in [1.29, 1.82) is 0 Å². The van der Waals surface area contributed by atoms with Gasteiger partial charge in [-0.3, -0.25) is 0 Å². The summed E-state index contributed by atoms with van der Waals surface area (Å²) in [5, 5.41) is 3.40. The summed E-state index contributed by atoms with van der Waals surface area (Å²) >= 11 is 3.57. The molecule has 1 aliphatic rings. The molecule has 0 bridgehead atoms. The molecule has 6 heteroatoms. The van der Waals surface area contributed by atoms with Gasteiger partial charge < -0.3 is 24.3 Å². The van der Waals surface area contributed by atoms with Gasteiger partial charge in [0, 0.05) is 17.6 Å². The first-order valence-corrected chi connectivity index (χ1v) is 8.50. The van der Waals surface area contributed by atoms with Gasteiger partial charge in [-0.15, -0.1) is 0 Å². The predicted octanol–water partition coefficient (Wildman–Crippen LogP) is 3.40. The van der Waals surface area contributed by atoms with Crippen LogP contribution in [0.4, 0.5) is 0 Å². The Balaban J connectivity index is 1.57. The molecule has 1 heterocycles. The molecule has 1 atom stereocenters. The summed E-state index contributed by atoms with van der Waals surface area (Å²) < 4.78 is 23.3. The minimum atomic E-state index is -0.0150. The van der Waals surface area contributed by atoms with Crippen molar-refractivity contribution in [2.24, 2.45) is 0 Å². The van der Waals surface area contributed by atoms with E-state index in [-0.39, 0.29) is 6.10 Å². The van der Waals surface area contributed by atoms with E-state index < -0.39 is 0 Å². The maximum atomic E-state index is 5.94. The van der Waals surface area contributed by atoms with Crippen molar-refractivity contribution in [3.05, 3.63) is 46.4 Å². The van der Waals surface area contributed by atoms with Gasteiger partial charge in [0.2, 0.25) is 0 Å². The Bertz CT molecular complexity index is 707. The van der Waals surface area contributed by atoms with Crippen LogP contribution in [0.3, 0.4) is 0 Å². The van der Waals surface area contributed by atoms with Crippen LogP contribution < -0.4 is 24.3 Å². The van der Waals surface area contributed by atoms with Crippen LogP contribution in [0.5, 0.6) is 23.0 Å². The van der Waals surface area contributed by atoms with Crippen molar-refractivity contribution in [1.82, 2.24) is 5.32 Å². The lowest BCUT2D eigenvalue weighted by Gasteiger charge is -2.26. The lowest BCUT2D eigenvalue weighted by Crippen LogP contribution is -2.38. The molecular formula is C18H20BrNO4. The van der Waals surface area contributed by atoms with Gasteiger partial charge in [0.15, 0.2) is 23.0 Å². The maximum Gasteiger partial charge on any atom is 0.161 e. The number of ether oxygens (including phenoxy) is 4. The van der Waals surface area contributed by atoms with Crippen LogP contribution in [-0.2, 0) is 6.54 Å². The molecule has 128 valence electrons. The third-order valence-corrected chi connectivity index (χ3v) is 4.55. The van der Waals surface area contributed by atoms with Crippen LogP contribution in [-0.4, -0.2) is 33.5 Å². The zero-order chi connectivity index (χ0) is 16.9. The summed E-state index contributed by atoms with van der Waals surface area (Å²) in [5.41, 5.74) is 1.09. The fourth-order valence-electron chi connectivity index (χ4n) is 2.56. The molecule has 0 spiro atoms. The second-order valence-electron chi connectivity index (χ2n) is 5.43. The second-order valence-corrected chi connectivity index (χ2v) is 6.28. The summed E-state index contributed by atoms with van der Waals surface area (Å²) in [5.74, 6) is 3.01. The summed E-state index contributed by atoms with van der Waals surface area (Å²) in [6, 6.07) is 11.6. The molecule has 3 rings (SSSR count). The van der Waals surface area contributed by atoms with E-state index in [0.29, 0.717) is 31.2 Å². The van der Waals surface area contributed by atoms with Gasteiger partial charge in [-0.2, -0.15) is 0 Å². The number of hydrogen-bond acceptors (Lipinski definition) is 5. The van der Waals surface area contributed by atoms with Gasteiger partial charge in [0.25, 0.3) is 0 Å². The summed E-state index contributed by atoms with van der Waals surface area (Å²) in [6.45, 7) is 1.91. The minimum Gasteiger partial charge on any atom is -0.493 e. The highest BCUT2D eigenvalue weighted by Gasteiger charge is 2.20. The Morgan fingerprint density at radius 2 is 1.83 bits per heavy atom. The fourth-order valence-corrected chi connectivity index (χ4v) is 3.03. The molecule has 1 aliphatic heterocycles. The van der Waals surface area contributed by atoms with Crippen LogP contribution in [0.1, 0.15) is 5.56 Å². The number of nitrogens with one attached hydrogen (secondary N) is 1. The van der Waals surface area contributed by atoms with Crippen molar-refractivity contribution in [3.8, 4) is 23.0 Å². The Labute approximate surface area is 150 Å². The van der Waals surface area contributed by atoms with Crippen LogP contribution in [0.15, 0.2) is 40.9 Å². The number of rotatable bonds is 6. The van der Waals surface area contributed by atoms with E-state index in [1.54, 1.807) is 14.2 Å². The molecule has 0 aliphatic carbocycles. The topological polar surface area (TPSA) is 49.0 Å². The smallest absolute Gasteiger partial charge is 0.161 e. The quantitative estimate of drug-likeness (QED) is 0.814. The van der Waals surface area contributed by atoms with Crippen molar-refractivity contribution in [3.63, 3.8) is 0 Å². The molecule has 24 heavy (non-hydrogen) atoms. The molecule has 1 unspecified atom stereocenters. The third kappa shape index (κ3) is 3.76. The molecule has 2 aromatic rings. The number of halogens is 1. The van der Waals surface area contributed by atoms with Gasteiger partial charge in [-0.25, -0.2) is 0 Å². The number of benzene rings is 2. The van der Waals surface area contributed by atoms with Crippen LogP contribution in [0.25, 0.3) is 0 Å². The standard InChI is InChI=1S/C18H20BrNO4/c1-21-17-7-12(14(19)8-18(17)22-2)9-20-10-13-11-23-15-5-3-4-6-16(15)24-13/h3-8,13,20H,9-11H2,1-2H3. The summed E-state index contributed by atoms with van der Waals surface area (Å²) in [7, 11) is 3.26. The number of methoxy groups -OCH3 is 2. The SMILES string of the molecule is COc1cc(Br)c(CNCC2COc3ccccc3O2)cc1OC. The van der Waals surface area contributed by atoms with E-state index in [0.717, 1.165) is 21.5 Å². The van der Waals surface area contributed by atoms with E-state index in [4.69, 9.17) is 18.9 Å². The molecule has 0 aromatic heterocycles. The Morgan fingerprint density at radius 1 is 1.12 bits per heavy atom. The molecule has 1 N–H and O–H groups in total. The monoisotopic (exact) mass is 393 g/mol. The average Bonchev–Trinajstić information content (AvgIpc) is 2.62. The van der Waals surface area contributed by atoms with Crippen molar-refractivity contribution >= 4 is 15.9 Å². The maximum absolute atomic E-state index is 5.94. The first-order chi connectivity index (χ1) is 11.7. The van der Waals surface area contributed by atoms with Gasteiger partial charge >= 0.3 is 0 Å². The number of fused-ring (bicyclic) bond motifs is 1. The second kappa shape index (κ2) is 7.77. The van der Waals surface area contributed by atoms with Crippen molar-refractivity contribution in [2.45, 2.75) is 12.6 Å². The van der Waals surface area contributed by atoms with E-state index in [2.05, 4.69) is 21.2 Å². The van der Waals surface area contributed by atoms with Crippen LogP contribution >= 0.6 is 15.9 Å². The average molecular weight is 394 g/mol. The number of hydrogen-bond donors (Lipinski definition) is 1. The molecule has 0 fully saturated rings. The molecule has 0 saturated heterocycles. The van der Waals surface area contributed by atoms with E-state index in [9.17, 15) is 0 Å². The lowest BCUT2D eigenvalue weighted by molar-refractivity contribution is 0.0902. The van der Waals surface area contributed by atoms with Gasteiger partial charge in [-0.05, 0) is 29.8 Å². The van der Waals surface area contributed by atoms with Gasteiger partial charge in [0.1, 0.15) is 12.7 Å². The highest BCUT2D eigenvalue weighted by Crippen LogP contribution is 2.33. The molecular weight excluding hydrogens is 374 g/mol. The fraction of sp³-hybridized carbons (Fsp3) is 0.333. The summed E-state index contributed by atoms with van der Waals surface area (Å²) in [4.78, 5) is 0. The van der Waals surface area contributed by atoms with Crippen LogP contribution in [0.2, 0.25) is 0 Å². The third-order valence-electron chi connectivity index (χ3n) is 3.81. The van der Waals surface area contributed by atoms with E-state index >= 15 is 0 Å². The van der Waals surface area contributed by atoms with E-state index in [1.807, 2.05) is 36.4 Å². The zero-order valence-electron chi connectivity index (χ0n) is 13.7. The summed E-state index contributed by atoms with van der Waals surface area (Å²) in [6.07, 6.45) is -0.0150. The molecule has 5 nitrogen and oxygen atoms in total. The van der Waals surface area contributed by atoms with Gasteiger partial charge in [-0.1, -0.05) is 28.1 Å². The Hall–Kier alpha value is -1.92. The van der Waals surface area contributed by atoms with Crippen LogP contribution in [0, 0.1) is 0 Å². The molecule has 0 saturated carbocycles. The first kappa shape index (κ1) is 16.9. The zero-order valence-corrected chi connectivity index (χ0v) is 15.3. The normalized spacial score (nSPS) is 15.9. The largest absolute Gasteiger partial charge is 0.493 e. The highest BCUT2D eigenvalue weighted by molar-refractivity contribution is 9.10. The molecule has 0 amide bonds. The van der Waals surface area contributed by atoms with Crippen molar-refractivity contribution in [2.75, 3.05) is 27.4 Å². The molecule has 0 radical (unpaired) electrons. The number of para-hydroxylation sites is 2. The lowest BCUT2D eigenvalue weighted by atomic mass is 10.2. The Morgan fingerprint density at radius 3 is 2.58 bits per heavy atom. The highest BCUT2D eigenvalue weighted by atomic mass is 79.9. The Kier molecular flexibility index (Phi) is 5.48. The predicted molar refractivity (Wildman–Crippen MR) is 95.3 cm³/mol. The first-order valence-electron chi connectivity index (χ1n) is 7.71. The van der Waals surface area contributed by atoms with Crippen molar-refractivity contribution < 1.29 is 18.9 Å². The van der Waals surface area contributed by atoms with E-state index in [1.165, 1.54) is 0 Å². The van der Waals surface area contributed by atoms with Gasteiger partial charge in [0.05, 0.1) is 14.2 Å². The minimum absolute atomic E-state index is 0.0150. The molecule has 2 aromatic carbocycles.